The average Bonchev–Trinajstić information content (AvgIpc) is 3.21. The van der Waals surface area contributed by atoms with Crippen LogP contribution in [0.5, 0.6) is 0 Å². The molecule has 1 aromatic heterocycles. The first kappa shape index (κ1) is 18.1. The fraction of sp³-hybridized carbons (Fsp3) is 0.0625. The minimum absolute atomic E-state index is 0.160. The van der Waals surface area contributed by atoms with Crippen LogP contribution in [0.4, 0.5) is 5.69 Å². The molecule has 0 aliphatic carbocycles. The van der Waals surface area contributed by atoms with Gasteiger partial charge in [-0.2, -0.15) is 5.26 Å². The molecule has 8 nitrogen and oxygen atoms in total. The Bertz CT molecular complexity index is 1010. The maximum atomic E-state index is 11.8. The molecule has 0 bridgehead atoms. The predicted octanol–water partition coefficient (Wildman–Crippen LogP) is 2.21. The van der Waals surface area contributed by atoms with E-state index in [0.29, 0.717) is 12.1 Å². The van der Waals surface area contributed by atoms with Gasteiger partial charge in [0, 0.05) is 16.1 Å². The second kappa shape index (κ2) is 7.65. The number of nitrogens with one attached hydrogen (secondary N) is 1. The quantitative estimate of drug-likeness (QED) is 0.598. The van der Waals surface area contributed by atoms with Crippen LogP contribution in [0.2, 0.25) is 0 Å². The van der Waals surface area contributed by atoms with Gasteiger partial charge in [0.05, 0.1) is 28.8 Å². The Hall–Kier alpha value is -2.74. The van der Waals surface area contributed by atoms with E-state index in [4.69, 9.17) is 5.26 Å². The minimum Gasteiger partial charge on any atom is -0.274 e. The van der Waals surface area contributed by atoms with E-state index in [-0.39, 0.29) is 4.90 Å². The second-order valence-electron chi connectivity index (χ2n) is 5.28. The highest BCUT2D eigenvalue weighted by molar-refractivity contribution is 9.09. The van der Waals surface area contributed by atoms with E-state index in [0.717, 1.165) is 11.3 Å². The molecule has 0 radical (unpaired) electrons. The summed E-state index contributed by atoms with van der Waals surface area (Å²) in [6.07, 6.45) is 3.12. The Morgan fingerprint density at radius 1 is 1.08 bits per heavy atom. The highest BCUT2D eigenvalue weighted by Gasteiger charge is 2.14. The van der Waals surface area contributed by atoms with Crippen LogP contribution in [-0.4, -0.2) is 23.3 Å². The van der Waals surface area contributed by atoms with Crippen molar-refractivity contribution in [3.8, 4) is 6.07 Å². The molecule has 3 rings (SSSR count). The van der Waals surface area contributed by atoms with Crippen molar-refractivity contribution in [3.05, 3.63) is 72.3 Å². The number of hydrogen-bond acceptors (Lipinski definition) is 6. The van der Waals surface area contributed by atoms with Crippen LogP contribution in [0.3, 0.4) is 0 Å². The third kappa shape index (κ3) is 3.91. The lowest BCUT2D eigenvalue weighted by molar-refractivity contribution is 0.595. The molecule has 0 saturated heterocycles. The van der Waals surface area contributed by atoms with Crippen LogP contribution >= 0.6 is 16.1 Å². The Balaban J connectivity index is 1.90. The van der Waals surface area contributed by atoms with Gasteiger partial charge in [-0.3, -0.25) is 5.01 Å². The molecule has 10 heteroatoms. The van der Waals surface area contributed by atoms with Crippen LogP contribution in [0, 0.1) is 11.3 Å². The van der Waals surface area contributed by atoms with Crippen molar-refractivity contribution in [2.45, 2.75) is 11.4 Å². The number of aromatic nitrogens is 3. The topological polar surface area (TPSA) is 104 Å². The Labute approximate surface area is 159 Å². The summed E-state index contributed by atoms with van der Waals surface area (Å²) in [4.78, 5) is 0.160. The lowest BCUT2D eigenvalue weighted by Gasteiger charge is -2.25. The summed E-state index contributed by atoms with van der Waals surface area (Å²) in [6.45, 7) is 0.450. The molecule has 0 atom stereocenters. The Morgan fingerprint density at radius 3 is 2.23 bits per heavy atom. The summed E-state index contributed by atoms with van der Waals surface area (Å²) in [5, 5.41) is 18.5. The maximum Gasteiger partial charge on any atom is 0.250 e. The zero-order valence-electron chi connectivity index (χ0n) is 13.3. The number of nitriles is 1. The van der Waals surface area contributed by atoms with E-state index in [1.807, 2.05) is 17.1 Å². The van der Waals surface area contributed by atoms with Gasteiger partial charge in [0.2, 0.25) is 10.0 Å². The summed E-state index contributed by atoms with van der Waals surface area (Å²) in [5.41, 5.74) is 2.29. The summed E-state index contributed by atoms with van der Waals surface area (Å²) in [5.74, 6) is 0. The molecule has 1 heterocycles. The Kier molecular flexibility index (Phi) is 5.32. The van der Waals surface area contributed by atoms with Crippen molar-refractivity contribution in [3.63, 3.8) is 0 Å². The number of anilines is 1. The predicted molar refractivity (Wildman–Crippen MR) is 98.5 cm³/mol. The van der Waals surface area contributed by atoms with Crippen molar-refractivity contribution >= 4 is 31.9 Å². The summed E-state index contributed by atoms with van der Waals surface area (Å²) < 4.78 is 27.4. The average molecular weight is 433 g/mol. The van der Waals surface area contributed by atoms with E-state index in [1.165, 1.54) is 12.1 Å². The molecule has 0 aliphatic heterocycles. The molecule has 26 heavy (non-hydrogen) atoms. The molecule has 0 fully saturated rings. The number of halogens is 1. The SMILES string of the molecule is N#Cc1ccc(N(Cc2ccc(S(=O)(=O)NBr)cc2)n2cnnc2)cc1. The maximum absolute atomic E-state index is 11.8. The lowest BCUT2D eigenvalue weighted by atomic mass is 10.2. The first-order valence-electron chi connectivity index (χ1n) is 7.37. The molecular formula is C16H13BrN6O2S. The Morgan fingerprint density at radius 2 is 1.69 bits per heavy atom. The van der Waals surface area contributed by atoms with Crippen LogP contribution in [0.1, 0.15) is 11.1 Å². The second-order valence-corrected chi connectivity index (χ2v) is 7.89. The van der Waals surface area contributed by atoms with Gasteiger partial charge < -0.3 is 0 Å². The summed E-state index contributed by atoms with van der Waals surface area (Å²) >= 11 is 2.75. The zero-order valence-corrected chi connectivity index (χ0v) is 15.7. The fourth-order valence-corrected chi connectivity index (χ4v) is 3.47. The number of nitrogens with zero attached hydrogens (tertiary/aromatic N) is 5. The van der Waals surface area contributed by atoms with Gasteiger partial charge in [0.1, 0.15) is 12.7 Å². The molecule has 132 valence electrons. The van der Waals surface area contributed by atoms with Crippen molar-refractivity contribution in [2.75, 3.05) is 5.01 Å². The zero-order chi connectivity index (χ0) is 18.6. The molecule has 0 amide bonds. The van der Waals surface area contributed by atoms with E-state index in [2.05, 4.69) is 36.2 Å². The van der Waals surface area contributed by atoms with Gasteiger partial charge >= 0.3 is 0 Å². The number of sulfonamides is 1. The normalized spacial score (nSPS) is 11.1. The smallest absolute Gasteiger partial charge is 0.250 e. The lowest BCUT2D eigenvalue weighted by Crippen LogP contribution is -2.27. The van der Waals surface area contributed by atoms with Crippen LogP contribution < -0.4 is 8.76 Å². The molecule has 0 spiro atoms. The van der Waals surface area contributed by atoms with Gasteiger partial charge in [0.15, 0.2) is 0 Å². The van der Waals surface area contributed by atoms with E-state index >= 15 is 0 Å². The van der Waals surface area contributed by atoms with Crippen molar-refractivity contribution in [1.29, 1.82) is 5.26 Å². The van der Waals surface area contributed by atoms with Crippen LogP contribution in [0.15, 0.2) is 66.1 Å². The molecule has 0 unspecified atom stereocenters. The van der Waals surface area contributed by atoms with E-state index < -0.39 is 10.0 Å². The molecule has 0 aliphatic rings. The fourth-order valence-electron chi connectivity index (χ4n) is 2.33. The summed E-state index contributed by atoms with van der Waals surface area (Å²) in [6, 6.07) is 15.7. The third-order valence-corrected chi connectivity index (χ3v) is 6.02. The van der Waals surface area contributed by atoms with Crippen molar-refractivity contribution < 1.29 is 8.42 Å². The minimum atomic E-state index is -3.55. The van der Waals surface area contributed by atoms with E-state index in [1.54, 1.807) is 41.6 Å². The highest BCUT2D eigenvalue weighted by Crippen LogP contribution is 2.20. The molecule has 3 aromatic rings. The van der Waals surface area contributed by atoms with Gasteiger partial charge in [-0.25, -0.2) is 13.1 Å². The molecular weight excluding hydrogens is 420 g/mol. The first-order valence-corrected chi connectivity index (χ1v) is 9.65. The summed E-state index contributed by atoms with van der Waals surface area (Å²) in [7, 11) is -3.55. The monoisotopic (exact) mass is 432 g/mol. The van der Waals surface area contributed by atoms with Gasteiger partial charge in [-0.05, 0) is 42.0 Å². The van der Waals surface area contributed by atoms with Gasteiger partial charge in [-0.15, -0.1) is 13.9 Å². The highest BCUT2D eigenvalue weighted by atomic mass is 79.9. The van der Waals surface area contributed by atoms with E-state index in [9.17, 15) is 8.42 Å². The number of hydrogen-bond donors (Lipinski definition) is 1. The number of benzene rings is 2. The third-order valence-electron chi connectivity index (χ3n) is 3.65. The standard InChI is InChI=1S/C16H13BrN6O2S/c17-21-26(24,25)16-7-3-14(4-8-16)10-23(22-11-19-20-12-22)15-5-1-13(9-18)2-6-15/h1-8,11-12,21H,10H2. The first-order chi connectivity index (χ1) is 12.5. The van der Waals surface area contributed by atoms with Crippen molar-refractivity contribution in [2.24, 2.45) is 0 Å². The van der Waals surface area contributed by atoms with Gasteiger partial charge in [-0.1, -0.05) is 12.1 Å². The molecule has 0 saturated carbocycles. The van der Waals surface area contributed by atoms with Gasteiger partial charge in [0.25, 0.3) is 0 Å². The van der Waals surface area contributed by atoms with Crippen LogP contribution in [0.25, 0.3) is 0 Å². The molecule has 2 aromatic carbocycles. The largest absolute Gasteiger partial charge is 0.274 e. The molecule has 1 N–H and O–H groups in total. The van der Waals surface area contributed by atoms with Crippen molar-refractivity contribution in [1.82, 2.24) is 18.6 Å². The van der Waals surface area contributed by atoms with Crippen LogP contribution in [-0.2, 0) is 16.6 Å². The number of rotatable bonds is 6.